The Morgan fingerprint density at radius 1 is 1.14 bits per heavy atom. The molecule has 1 saturated heterocycles. The average Bonchev–Trinajstić information content (AvgIpc) is 3.05. The molecule has 0 aromatic heterocycles. The molecular formula is C26H37Cl2N5O4. The molecule has 0 spiro atoms. The first kappa shape index (κ1) is 29.1. The maximum Gasteiger partial charge on any atom is 0.338 e. The highest BCUT2D eigenvalue weighted by Gasteiger charge is 2.39. The third kappa shape index (κ3) is 7.09. The van der Waals surface area contributed by atoms with Crippen molar-refractivity contribution in [1.29, 1.82) is 0 Å². The molecule has 0 radical (unpaired) electrons. The lowest BCUT2D eigenvalue weighted by Gasteiger charge is -2.38. The van der Waals surface area contributed by atoms with Crippen LogP contribution in [0.5, 0.6) is 0 Å². The summed E-state index contributed by atoms with van der Waals surface area (Å²) in [6.45, 7) is 12.8. The van der Waals surface area contributed by atoms with Gasteiger partial charge in [-0.1, -0.05) is 35.3 Å². The summed E-state index contributed by atoms with van der Waals surface area (Å²) in [5, 5.41) is 6.54. The lowest BCUT2D eigenvalue weighted by atomic mass is 9.94. The molecule has 1 fully saturated rings. The number of hydrogen-bond acceptors (Lipinski definition) is 5. The highest BCUT2D eigenvalue weighted by molar-refractivity contribution is 6.42. The fourth-order valence-corrected chi connectivity index (χ4v) is 5.00. The first-order valence-electron chi connectivity index (χ1n) is 12.7. The number of halogens is 2. The van der Waals surface area contributed by atoms with Gasteiger partial charge >= 0.3 is 18.0 Å². The Kier molecular flexibility index (Phi) is 9.72. The van der Waals surface area contributed by atoms with Crippen LogP contribution in [0.3, 0.4) is 0 Å². The molecule has 0 bridgehead atoms. The van der Waals surface area contributed by atoms with E-state index in [2.05, 4.69) is 15.5 Å². The van der Waals surface area contributed by atoms with E-state index in [9.17, 15) is 14.4 Å². The monoisotopic (exact) mass is 553 g/mol. The fraction of sp³-hybridized carbons (Fsp3) is 0.577. The van der Waals surface area contributed by atoms with Gasteiger partial charge in [-0.15, -0.1) is 0 Å². The summed E-state index contributed by atoms with van der Waals surface area (Å²) < 4.78 is 5.44. The van der Waals surface area contributed by atoms with Gasteiger partial charge in [-0.2, -0.15) is 0 Å². The van der Waals surface area contributed by atoms with Gasteiger partial charge in [-0.3, -0.25) is 9.80 Å². The molecule has 9 nitrogen and oxygen atoms in total. The number of carbonyl (C=O) groups is 3. The molecule has 1 aromatic rings. The predicted molar refractivity (Wildman–Crippen MR) is 145 cm³/mol. The van der Waals surface area contributed by atoms with Crippen LogP contribution in [0.2, 0.25) is 10.0 Å². The summed E-state index contributed by atoms with van der Waals surface area (Å²) in [6, 6.07) is 3.91. The first-order chi connectivity index (χ1) is 17.5. The number of nitrogens with one attached hydrogen (secondary N) is 2. The van der Waals surface area contributed by atoms with Gasteiger partial charge in [0.15, 0.2) is 0 Å². The average molecular weight is 555 g/mol. The van der Waals surface area contributed by atoms with Gasteiger partial charge in [0.05, 0.1) is 28.3 Å². The summed E-state index contributed by atoms with van der Waals surface area (Å²) in [6.07, 6.45) is 0.765. The number of rotatable bonds is 6. The van der Waals surface area contributed by atoms with E-state index in [0.29, 0.717) is 61.1 Å². The molecule has 0 aliphatic carbocycles. The van der Waals surface area contributed by atoms with Crippen molar-refractivity contribution in [3.8, 4) is 0 Å². The van der Waals surface area contributed by atoms with Crippen molar-refractivity contribution >= 4 is 41.2 Å². The molecule has 2 heterocycles. The number of amides is 4. The van der Waals surface area contributed by atoms with Crippen LogP contribution >= 0.6 is 23.2 Å². The van der Waals surface area contributed by atoms with Crippen LogP contribution in [-0.4, -0.2) is 84.1 Å². The Bertz CT molecular complexity index is 1060. The molecule has 1 aromatic carbocycles. The third-order valence-electron chi connectivity index (χ3n) is 6.27. The molecule has 1 atom stereocenters. The van der Waals surface area contributed by atoms with Crippen molar-refractivity contribution in [3.05, 3.63) is 45.1 Å². The lowest BCUT2D eigenvalue weighted by molar-refractivity contribution is -0.139. The molecule has 2 aliphatic rings. The Labute approximate surface area is 229 Å². The minimum Gasteiger partial charge on any atom is -0.463 e. The van der Waals surface area contributed by atoms with Crippen LogP contribution < -0.4 is 10.6 Å². The van der Waals surface area contributed by atoms with E-state index < -0.39 is 12.0 Å². The fourth-order valence-electron chi connectivity index (χ4n) is 4.58. The van der Waals surface area contributed by atoms with E-state index in [-0.39, 0.29) is 29.2 Å². The number of carbonyl (C=O) groups excluding carboxylic acids is 3. The van der Waals surface area contributed by atoms with Gasteiger partial charge < -0.3 is 20.3 Å². The summed E-state index contributed by atoms with van der Waals surface area (Å²) >= 11 is 12.8. The molecule has 4 amide bonds. The highest BCUT2D eigenvalue weighted by atomic mass is 35.5. The molecule has 3 rings (SSSR count). The summed E-state index contributed by atoms with van der Waals surface area (Å²) in [5.74, 6) is -0.516. The second-order valence-corrected chi connectivity index (χ2v) is 10.9. The van der Waals surface area contributed by atoms with Gasteiger partial charge in [0.25, 0.3) is 0 Å². The van der Waals surface area contributed by atoms with E-state index in [4.69, 9.17) is 27.9 Å². The van der Waals surface area contributed by atoms with Crippen molar-refractivity contribution in [3.63, 3.8) is 0 Å². The number of hydrogen-bond donors (Lipinski definition) is 2. The molecule has 0 unspecified atom stereocenters. The summed E-state index contributed by atoms with van der Waals surface area (Å²) in [7, 11) is 0. The number of nitrogens with zero attached hydrogens (tertiary/aromatic N) is 3. The lowest BCUT2D eigenvalue weighted by Crippen LogP contribution is -2.51. The molecule has 37 heavy (non-hydrogen) atoms. The summed E-state index contributed by atoms with van der Waals surface area (Å²) in [4.78, 5) is 44.8. The smallest absolute Gasteiger partial charge is 0.338 e. The Hall–Kier alpha value is -2.49. The topological polar surface area (TPSA) is 94.2 Å². The van der Waals surface area contributed by atoms with Crippen LogP contribution in [0.4, 0.5) is 9.59 Å². The number of likely N-dealkylation sites (N-methyl/N-ethyl adjacent to an activating group) is 1. The standard InChI is InChI=1S/C26H37Cl2N5O4/c1-6-33-19(16-31-12-9-13-32(15-14-31)25(36)30-26(3,4)5)20(23(34)37-7-2)22(29-24(33)35)17-10-8-11-18(27)21(17)28/h8,10-11,22H,6-7,9,12-16H2,1-5H3,(H,29,35)(H,30,36)/t22-/m1/s1. The van der Waals surface area contributed by atoms with Gasteiger partial charge in [-0.05, 0) is 52.7 Å². The van der Waals surface area contributed by atoms with E-state index >= 15 is 0 Å². The number of urea groups is 2. The predicted octanol–water partition coefficient (Wildman–Crippen LogP) is 4.41. The van der Waals surface area contributed by atoms with E-state index in [1.165, 1.54) is 0 Å². The van der Waals surface area contributed by atoms with E-state index in [1.54, 1.807) is 30.0 Å². The third-order valence-corrected chi connectivity index (χ3v) is 7.11. The Morgan fingerprint density at radius 2 is 1.86 bits per heavy atom. The molecule has 2 N–H and O–H groups in total. The number of esters is 1. The van der Waals surface area contributed by atoms with Crippen LogP contribution in [0.1, 0.15) is 52.6 Å². The molecule has 204 valence electrons. The highest BCUT2D eigenvalue weighted by Crippen LogP contribution is 2.37. The van der Waals surface area contributed by atoms with E-state index in [0.717, 1.165) is 6.42 Å². The van der Waals surface area contributed by atoms with Crippen LogP contribution in [0.25, 0.3) is 0 Å². The normalized spacial score (nSPS) is 19.4. The van der Waals surface area contributed by atoms with E-state index in [1.807, 2.05) is 32.6 Å². The van der Waals surface area contributed by atoms with Crippen molar-refractivity contribution < 1.29 is 19.1 Å². The van der Waals surface area contributed by atoms with Crippen molar-refractivity contribution in [1.82, 2.24) is 25.3 Å². The molecule has 0 saturated carbocycles. The zero-order valence-electron chi connectivity index (χ0n) is 22.2. The van der Waals surface area contributed by atoms with Gasteiger partial charge in [0.2, 0.25) is 0 Å². The quantitative estimate of drug-likeness (QED) is 0.508. The van der Waals surface area contributed by atoms with Crippen molar-refractivity contribution in [2.75, 3.05) is 45.9 Å². The SMILES string of the molecule is CCOC(=O)C1=C(CN2CCCN(C(=O)NC(C)(C)C)CC2)N(CC)C(=O)N[C@@H]1c1cccc(Cl)c1Cl. The largest absolute Gasteiger partial charge is 0.463 e. The van der Waals surface area contributed by atoms with Crippen LogP contribution in [-0.2, 0) is 9.53 Å². The zero-order chi connectivity index (χ0) is 27.3. The van der Waals surface area contributed by atoms with Gasteiger partial charge in [0.1, 0.15) is 0 Å². The minimum atomic E-state index is -0.809. The Morgan fingerprint density at radius 3 is 2.51 bits per heavy atom. The zero-order valence-corrected chi connectivity index (χ0v) is 23.7. The van der Waals surface area contributed by atoms with Crippen LogP contribution in [0.15, 0.2) is 29.5 Å². The maximum absolute atomic E-state index is 13.3. The van der Waals surface area contributed by atoms with Gasteiger partial charge in [-0.25, -0.2) is 14.4 Å². The van der Waals surface area contributed by atoms with Crippen molar-refractivity contribution in [2.24, 2.45) is 0 Å². The second kappa shape index (κ2) is 12.4. The number of benzene rings is 1. The first-order valence-corrected chi connectivity index (χ1v) is 13.4. The minimum absolute atomic E-state index is 0.0938. The molecule has 11 heteroatoms. The Balaban J connectivity index is 1.96. The maximum atomic E-state index is 13.3. The van der Waals surface area contributed by atoms with Crippen LogP contribution in [0, 0.1) is 0 Å². The molecule has 2 aliphatic heterocycles. The van der Waals surface area contributed by atoms with Crippen molar-refractivity contribution in [2.45, 2.75) is 52.6 Å². The number of ether oxygens (including phenoxy) is 1. The molecular weight excluding hydrogens is 517 g/mol. The summed E-state index contributed by atoms with van der Waals surface area (Å²) in [5.41, 5.74) is 1.10. The van der Waals surface area contributed by atoms with Gasteiger partial charge in [0, 0.05) is 50.5 Å². The second-order valence-electron chi connectivity index (χ2n) is 10.1.